The summed E-state index contributed by atoms with van der Waals surface area (Å²) in [4.78, 5) is 2.43. The fraction of sp³-hybridized carbons (Fsp3) is 0.600. The Hall–Kier alpha value is -1.06. The predicted octanol–water partition coefficient (Wildman–Crippen LogP) is 2.71. The van der Waals surface area contributed by atoms with Gasteiger partial charge in [-0.2, -0.15) is 0 Å². The molecule has 2 rings (SSSR count). The van der Waals surface area contributed by atoms with Crippen LogP contribution in [0.4, 0.5) is 5.69 Å². The lowest BCUT2D eigenvalue weighted by Gasteiger charge is -2.33. The molecule has 1 atom stereocenters. The minimum Gasteiger partial charge on any atom is -0.378 e. The van der Waals surface area contributed by atoms with Crippen molar-refractivity contribution in [3.05, 3.63) is 29.8 Å². The zero-order valence-corrected chi connectivity index (χ0v) is 11.4. The Morgan fingerprint density at radius 1 is 1.28 bits per heavy atom. The lowest BCUT2D eigenvalue weighted by molar-refractivity contribution is 0.0459. The first-order chi connectivity index (χ1) is 8.70. The van der Waals surface area contributed by atoms with E-state index in [-0.39, 0.29) is 6.04 Å². The summed E-state index contributed by atoms with van der Waals surface area (Å²) < 4.78 is 5.67. The minimum absolute atomic E-state index is 0.114. The van der Waals surface area contributed by atoms with Gasteiger partial charge in [-0.05, 0) is 44.4 Å². The SMILES string of the molecule is CCOC1CCN(c2ccc([C@@H](C)N)cc2)CC1. The van der Waals surface area contributed by atoms with Gasteiger partial charge in [0.25, 0.3) is 0 Å². The number of piperidine rings is 1. The molecule has 0 saturated carbocycles. The molecule has 3 nitrogen and oxygen atoms in total. The van der Waals surface area contributed by atoms with Crippen LogP contribution in [0.2, 0.25) is 0 Å². The van der Waals surface area contributed by atoms with E-state index in [0.717, 1.165) is 32.5 Å². The molecule has 100 valence electrons. The summed E-state index contributed by atoms with van der Waals surface area (Å²) in [7, 11) is 0. The third kappa shape index (κ3) is 3.24. The summed E-state index contributed by atoms with van der Waals surface area (Å²) >= 11 is 0. The molecule has 0 amide bonds. The number of hydrogen-bond acceptors (Lipinski definition) is 3. The molecular weight excluding hydrogens is 224 g/mol. The number of benzene rings is 1. The van der Waals surface area contributed by atoms with Crippen LogP contribution in [-0.2, 0) is 4.74 Å². The van der Waals surface area contributed by atoms with Crippen molar-refractivity contribution < 1.29 is 4.74 Å². The lowest BCUT2D eigenvalue weighted by Crippen LogP contribution is -2.37. The molecule has 0 spiro atoms. The van der Waals surface area contributed by atoms with Gasteiger partial charge in [-0.25, -0.2) is 0 Å². The monoisotopic (exact) mass is 248 g/mol. The van der Waals surface area contributed by atoms with Crippen LogP contribution in [0.5, 0.6) is 0 Å². The Kier molecular flexibility index (Phi) is 4.61. The molecule has 0 aromatic heterocycles. The van der Waals surface area contributed by atoms with Crippen LogP contribution in [0.25, 0.3) is 0 Å². The summed E-state index contributed by atoms with van der Waals surface area (Å²) in [6, 6.07) is 8.74. The van der Waals surface area contributed by atoms with Crippen LogP contribution >= 0.6 is 0 Å². The van der Waals surface area contributed by atoms with Crippen molar-refractivity contribution >= 4 is 5.69 Å². The molecule has 3 heteroatoms. The first-order valence-corrected chi connectivity index (χ1v) is 6.92. The van der Waals surface area contributed by atoms with Crippen LogP contribution < -0.4 is 10.6 Å². The van der Waals surface area contributed by atoms with E-state index in [4.69, 9.17) is 10.5 Å². The highest BCUT2D eigenvalue weighted by atomic mass is 16.5. The van der Waals surface area contributed by atoms with E-state index in [0.29, 0.717) is 6.10 Å². The molecule has 0 aliphatic carbocycles. The highest BCUT2D eigenvalue weighted by Crippen LogP contribution is 2.23. The summed E-state index contributed by atoms with van der Waals surface area (Å²) in [6.07, 6.45) is 2.71. The third-order valence-corrected chi connectivity index (χ3v) is 3.63. The van der Waals surface area contributed by atoms with Crippen molar-refractivity contribution in [2.75, 3.05) is 24.6 Å². The van der Waals surface area contributed by atoms with Crippen LogP contribution in [0.15, 0.2) is 24.3 Å². The Labute approximate surface area is 110 Å². The Balaban J connectivity index is 1.93. The van der Waals surface area contributed by atoms with E-state index in [2.05, 4.69) is 36.1 Å². The second kappa shape index (κ2) is 6.21. The Bertz CT molecular complexity index is 353. The van der Waals surface area contributed by atoms with Crippen LogP contribution in [0.1, 0.15) is 38.3 Å². The minimum atomic E-state index is 0.114. The standard InChI is InChI=1S/C15H24N2O/c1-3-18-15-8-10-17(11-9-15)14-6-4-13(5-7-14)12(2)16/h4-7,12,15H,3,8-11,16H2,1-2H3/t12-/m1/s1. The van der Waals surface area contributed by atoms with Gasteiger partial charge in [0.05, 0.1) is 6.10 Å². The van der Waals surface area contributed by atoms with E-state index >= 15 is 0 Å². The molecule has 1 aromatic carbocycles. The van der Waals surface area contributed by atoms with Crippen molar-refractivity contribution in [2.45, 2.75) is 38.8 Å². The number of ether oxygens (including phenoxy) is 1. The molecule has 18 heavy (non-hydrogen) atoms. The van der Waals surface area contributed by atoms with Gasteiger partial charge in [-0.3, -0.25) is 0 Å². The summed E-state index contributed by atoms with van der Waals surface area (Å²) in [5, 5.41) is 0. The van der Waals surface area contributed by atoms with Gasteiger partial charge in [0.15, 0.2) is 0 Å². The number of nitrogens with zero attached hydrogens (tertiary/aromatic N) is 1. The largest absolute Gasteiger partial charge is 0.378 e. The first kappa shape index (κ1) is 13.4. The average molecular weight is 248 g/mol. The molecule has 1 fully saturated rings. The summed E-state index contributed by atoms with van der Waals surface area (Å²) in [5.41, 5.74) is 8.36. The fourth-order valence-corrected chi connectivity index (χ4v) is 2.51. The molecule has 1 heterocycles. The van der Waals surface area contributed by atoms with Crippen molar-refractivity contribution in [2.24, 2.45) is 5.73 Å². The van der Waals surface area contributed by atoms with Crippen molar-refractivity contribution in [3.63, 3.8) is 0 Å². The summed E-state index contributed by atoms with van der Waals surface area (Å²) in [6.45, 7) is 7.08. The van der Waals surface area contributed by atoms with E-state index in [9.17, 15) is 0 Å². The molecular formula is C15H24N2O. The average Bonchev–Trinajstić information content (AvgIpc) is 2.40. The van der Waals surface area contributed by atoms with Gasteiger partial charge < -0.3 is 15.4 Å². The quantitative estimate of drug-likeness (QED) is 0.890. The molecule has 2 N–H and O–H groups in total. The molecule has 1 aromatic rings. The second-order valence-corrected chi connectivity index (χ2v) is 5.02. The van der Waals surface area contributed by atoms with E-state index in [1.54, 1.807) is 0 Å². The number of hydrogen-bond donors (Lipinski definition) is 1. The topological polar surface area (TPSA) is 38.5 Å². The third-order valence-electron chi connectivity index (χ3n) is 3.63. The van der Waals surface area contributed by atoms with Crippen molar-refractivity contribution in [1.29, 1.82) is 0 Å². The molecule has 1 aliphatic heterocycles. The van der Waals surface area contributed by atoms with Gasteiger partial charge in [0, 0.05) is 31.4 Å². The number of nitrogens with two attached hydrogens (primary N) is 1. The maximum absolute atomic E-state index is 5.86. The molecule has 0 radical (unpaired) electrons. The van der Waals surface area contributed by atoms with Gasteiger partial charge in [0.1, 0.15) is 0 Å². The molecule has 1 saturated heterocycles. The number of rotatable bonds is 4. The van der Waals surface area contributed by atoms with Gasteiger partial charge >= 0.3 is 0 Å². The Morgan fingerprint density at radius 2 is 1.89 bits per heavy atom. The molecule has 1 aliphatic rings. The first-order valence-electron chi connectivity index (χ1n) is 6.92. The predicted molar refractivity (Wildman–Crippen MR) is 75.9 cm³/mol. The molecule has 0 unspecified atom stereocenters. The van der Waals surface area contributed by atoms with Crippen molar-refractivity contribution in [1.82, 2.24) is 0 Å². The van der Waals surface area contributed by atoms with Gasteiger partial charge in [-0.15, -0.1) is 0 Å². The molecule has 0 bridgehead atoms. The van der Waals surface area contributed by atoms with Gasteiger partial charge in [-0.1, -0.05) is 12.1 Å². The second-order valence-electron chi connectivity index (χ2n) is 5.02. The highest BCUT2D eigenvalue weighted by molar-refractivity contribution is 5.48. The van der Waals surface area contributed by atoms with Crippen LogP contribution in [0, 0.1) is 0 Å². The van der Waals surface area contributed by atoms with E-state index in [1.165, 1.54) is 11.3 Å². The van der Waals surface area contributed by atoms with Crippen LogP contribution in [-0.4, -0.2) is 25.8 Å². The number of anilines is 1. The van der Waals surface area contributed by atoms with Crippen molar-refractivity contribution in [3.8, 4) is 0 Å². The zero-order valence-electron chi connectivity index (χ0n) is 11.4. The normalized spacial score (nSPS) is 18.9. The smallest absolute Gasteiger partial charge is 0.0608 e. The van der Waals surface area contributed by atoms with E-state index in [1.807, 2.05) is 6.92 Å². The van der Waals surface area contributed by atoms with Crippen LogP contribution in [0.3, 0.4) is 0 Å². The summed E-state index contributed by atoms with van der Waals surface area (Å²) in [5.74, 6) is 0. The lowest BCUT2D eigenvalue weighted by atomic mass is 10.1. The van der Waals surface area contributed by atoms with E-state index < -0.39 is 0 Å². The van der Waals surface area contributed by atoms with Gasteiger partial charge in [0.2, 0.25) is 0 Å². The maximum atomic E-state index is 5.86. The Morgan fingerprint density at radius 3 is 2.39 bits per heavy atom. The maximum Gasteiger partial charge on any atom is 0.0608 e. The highest BCUT2D eigenvalue weighted by Gasteiger charge is 2.19. The fourth-order valence-electron chi connectivity index (χ4n) is 2.51. The zero-order chi connectivity index (χ0) is 13.0.